The predicted octanol–water partition coefficient (Wildman–Crippen LogP) is 3.01. The van der Waals surface area contributed by atoms with Crippen molar-refractivity contribution in [3.8, 4) is 6.07 Å². The molecular weight excluding hydrogens is 362 g/mol. The van der Waals surface area contributed by atoms with Crippen LogP contribution in [0.2, 0.25) is 0 Å². The lowest BCUT2D eigenvalue weighted by Crippen LogP contribution is -2.42. The molecule has 0 amide bonds. The summed E-state index contributed by atoms with van der Waals surface area (Å²) in [6.45, 7) is 8.14. The molecule has 1 atom stereocenters. The normalized spacial score (nSPS) is 16.8. The second-order valence-corrected chi connectivity index (χ2v) is 6.64. The quantitative estimate of drug-likeness (QED) is 0.472. The van der Waals surface area contributed by atoms with E-state index in [0.29, 0.717) is 17.9 Å². The van der Waals surface area contributed by atoms with Gasteiger partial charge in [-0.05, 0) is 44.7 Å². The van der Waals surface area contributed by atoms with Gasteiger partial charge in [0.15, 0.2) is 5.41 Å². The molecule has 0 spiro atoms. The van der Waals surface area contributed by atoms with E-state index in [-0.39, 0.29) is 32.3 Å². The van der Waals surface area contributed by atoms with Gasteiger partial charge in [0.1, 0.15) is 6.23 Å². The van der Waals surface area contributed by atoms with Crippen LogP contribution in [-0.4, -0.2) is 41.5 Å². The largest absolute Gasteiger partial charge is 0.465 e. The van der Waals surface area contributed by atoms with Crippen molar-refractivity contribution in [1.29, 1.82) is 5.26 Å². The molecule has 1 aromatic heterocycles. The Kier molecular flexibility index (Phi) is 7.76. The van der Waals surface area contributed by atoms with Gasteiger partial charge < -0.3 is 14.2 Å². The molecule has 0 bridgehead atoms. The molecule has 8 heteroatoms. The molecule has 28 heavy (non-hydrogen) atoms. The number of aromatic nitrogens is 2. The van der Waals surface area contributed by atoms with E-state index in [1.807, 2.05) is 6.07 Å². The van der Waals surface area contributed by atoms with E-state index in [1.165, 1.54) is 0 Å². The fourth-order valence-corrected chi connectivity index (χ4v) is 3.18. The molecule has 0 N–H and O–H groups in total. The fourth-order valence-electron chi connectivity index (χ4n) is 3.18. The van der Waals surface area contributed by atoms with Gasteiger partial charge in [0.25, 0.3) is 0 Å². The summed E-state index contributed by atoms with van der Waals surface area (Å²) in [5.74, 6) is -1.57. The van der Waals surface area contributed by atoms with E-state index < -0.39 is 17.4 Å². The maximum atomic E-state index is 12.6. The minimum atomic E-state index is -1.76. The van der Waals surface area contributed by atoms with E-state index in [9.17, 15) is 14.9 Å². The summed E-state index contributed by atoms with van der Waals surface area (Å²) < 4.78 is 17.6. The summed E-state index contributed by atoms with van der Waals surface area (Å²) >= 11 is 0. The topological polar surface area (TPSA) is 103 Å². The van der Waals surface area contributed by atoms with Crippen LogP contribution in [0, 0.1) is 16.7 Å². The maximum absolute atomic E-state index is 12.6. The zero-order chi connectivity index (χ0) is 20.6. The van der Waals surface area contributed by atoms with Gasteiger partial charge in [0.05, 0.1) is 31.4 Å². The molecule has 0 saturated carbocycles. The van der Waals surface area contributed by atoms with E-state index in [2.05, 4.69) is 11.7 Å². The first-order valence-electron chi connectivity index (χ1n) is 9.54. The monoisotopic (exact) mass is 389 g/mol. The van der Waals surface area contributed by atoms with Crippen molar-refractivity contribution in [3.63, 3.8) is 0 Å². The molecule has 8 nitrogen and oxygen atoms in total. The van der Waals surface area contributed by atoms with Crippen molar-refractivity contribution in [1.82, 2.24) is 9.78 Å². The number of rotatable bonds is 9. The third kappa shape index (κ3) is 4.78. The van der Waals surface area contributed by atoms with E-state index in [0.717, 1.165) is 19.3 Å². The molecule has 2 rings (SSSR count). The Morgan fingerprint density at radius 1 is 1.36 bits per heavy atom. The van der Waals surface area contributed by atoms with Crippen LogP contribution in [0.25, 0.3) is 5.57 Å². The van der Waals surface area contributed by atoms with Gasteiger partial charge >= 0.3 is 11.9 Å². The third-order valence-corrected chi connectivity index (χ3v) is 4.65. The Hall–Kier alpha value is -2.66. The van der Waals surface area contributed by atoms with Crippen LogP contribution in [0.5, 0.6) is 0 Å². The SMILES string of the molecule is C=C(CC(CC#N)(C(=O)OCC)C(=O)OCC)c1ccn(C2CCCCO2)n1. The smallest absolute Gasteiger partial charge is 0.324 e. The number of nitriles is 1. The van der Waals surface area contributed by atoms with Crippen LogP contribution in [0.4, 0.5) is 0 Å². The lowest BCUT2D eigenvalue weighted by Gasteiger charge is -2.27. The summed E-state index contributed by atoms with van der Waals surface area (Å²) in [7, 11) is 0. The number of carbonyl (C=O) groups excluding carboxylic acids is 2. The van der Waals surface area contributed by atoms with Crippen molar-refractivity contribution in [2.75, 3.05) is 19.8 Å². The van der Waals surface area contributed by atoms with Gasteiger partial charge in [-0.15, -0.1) is 0 Å². The highest BCUT2D eigenvalue weighted by atomic mass is 16.6. The van der Waals surface area contributed by atoms with Gasteiger partial charge in [0, 0.05) is 19.2 Å². The zero-order valence-corrected chi connectivity index (χ0v) is 16.5. The Morgan fingerprint density at radius 3 is 2.57 bits per heavy atom. The fraction of sp³-hybridized carbons (Fsp3) is 0.600. The molecule has 1 saturated heterocycles. The third-order valence-electron chi connectivity index (χ3n) is 4.65. The minimum absolute atomic E-state index is 0.0888. The van der Waals surface area contributed by atoms with Crippen LogP contribution < -0.4 is 0 Å². The molecule has 1 unspecified atom stereocenters. The second kappa shape index (κ2) is 10.0. The molecule has 152 valence electrons. The molecule has 1 aromatic rings. The Morgan fingerprint density at radius 2 is 2.04 bits per heavy atom. The number of ether oxygens (including phenoxy) is 3. The van der Waals surface area contributed by atoms with E-state index in [4.69, 9.17) is 14.2 Å². The van der Waals surface area contributed by atoms with Gasteiger partial charge in [-0.25, -0.2) is 4.68 Å². The molecule has 2 heterocycles. The molecular formula is C20H27N3O5. The van der Waals surface area contributed by atoms with Crippen molar-refractivity contribution < 1.29 is 23.8 Å². The highest BCUT2D eigenvalue weighted by Crippen LogP contribution is 2.36. The van der Waals surface area contributed by atoms with Crippen LogP contribution >= 0.6 is 0 Å². The Bertz CT molecular complexity index is 725. The lowest BCUT2D eigenvalue weighted by atomic mass is 9.78. The summed E-state index contributed by atoms with van der Waals surface area (Å²) in [5, 5.41) is 13.8. The maximum Gasteiger partial charge on any atom is 0.324 e. The first-order chi connectivity index (χ1) is 13.5. The first-order valence-corrected chi connectivity index (χ1v) is 9.54. The minimum Gasteiger partial charge on any atom is -0.465 e. The molecule has 0 aromatic carbocycles. The van der Waals surface area contributed by atoms with Crippen molar-refractivity contribution >= 4 is 17.5 Å². The number of esters is 2. The van der Waals surface area contributed by atoms with E-state index in [1.54, 1.807) is 30.8 Å². The summed E-state index contributed by atoms with van der Waals surface area (Å²) in [6.07, 6.45) is 4.16. The zero-order valence-electron chi connectivity index (χ0n) is 16.5. The Labute approximate surface area is 165 Å². The number of nitrogens with zero attached hydrogens (tertiary/aromatic N) is 3. The summed E-state index contributed by atoms with van der Waals surface area (Å²) in [4.78, 5) is 25.3. The van der Waals surface area contributed by atoms with Gasteiger partial charge in [-0.1, -0.05) is 6.58 Å². The van der Waals surface area contributed by atoms with Gasteiger partial charge in [-0.2, -0.15) is 10.4 Å². The van der Waals surface area contributed by atoms with Crippen LogP contribution in [0.1, 0.15) is 57.9 Å². The average Bonchev–Trinajstić information content (AvgIpc) is 3.19. The number of allylic oxidation sites excluding steroid dienone is 1. The summed E-state index contributed by atoms with van der Waals surface area (Å²) in [6, 6.07) is 3.67. The molecule has 1 fully saturated rings. The first kappa shape index (κ1) is 21.6. The molecule has 0 radical (unpaired) electrons. The Balaban J connectivity index is 2.26. The van der Waals surface area contributed by atoms with Gasteiger partial charge in [0.2, 0.25) is 0 Å². The average molecular weight is 389 g/mol. The standard InChI is InChI=1S/C20H27N3O5/c1-4-26-18(24)20(10-11-21,19(25)27-5-2)14-15(3)16-9-12-23(22-16)17-8-6-7-13-28-17/h9,12,17H,3-8,10,13-14H2,1-2H3. The number of hydrogen-bond acceptors (Lipinski definition) is 7. The molecule has 0 aliphatic carbocycles. The summed E-state index contributed by atoms with van der Waals surface area (Å²) in [5.41, 5.74) is -0.779. The van der Waals surface area contributed by atoms with Crippen molar-refractivity contribution in [2.45, 2.75) is 52.2 Å². The van der Waals surface area contributed by atoms with Crippen LogP contribution in [0.15, 0.2) is 18.8 Å². The predicted molar refractivity (Wildman–Crippen MR) is 101 cm³/mol. The number of carbonyl (C=O) groups is 2. The van der Waals surface area contributed by atoms with Crippen molar-refractivity contribution in [2.24, 2.45) is 5.41 Å². The van der Waals surface area contributed by atoms with Crippen LogP contribution in [-0.2, 0) is 23.8 Å². The number of hydrogen-bond donors (Lipinski definition) is 0. The highest BCUT2D eigenvalue weighted by molar-refractivity contribution is 6.02. The van der Waals surface area contributed by atoms with Gasteiger partial charge in [-0.3, -0.25) is 9.59 Å². The highest BCUT2D eigenvalue weighted by Gasteiger charge is 2.49. The van der Waals surface area contributed by atoms with Crippen molar-refractivity contribution in [3.05, 3.63) is 24.5 Å². The van der Waals surface area contributed by atoms with E-state index >= 15 is 0 Å². The molecule has 1 aliphatic rings. The van der Waals surface area contributed by atoms with Crippen LogP contribution in [0.3, 0.4) is 0 Å². The second-order valence-electron chi connectivity index (χ2n) is 6.64. The lowest BCUT2D eigenvalue weighted by molar-refractivity contribution is -0.171. The molecule has 1 aliphatic heterocycles.